The number of amides is 1. The van der Waals surface area contributed by atoms with Crippen molar-refractivity contribution in [3.63, 3.8) is 0 Å². The van der Waals surface area contributed by atoms with Crippen LogP contribution < -0.4 is 5.32 Å². The van der Waals surface area contributed by atoms with Crippen molar-refractivity contribution in [2.45, 2.75) is 37.7 Å². The van der Waals surface area contributed by atoms with Crippen molar-refractivity contribution >= 4 is 16.9 Å². The van der Waals surface area contributed by atoms with Crippen LogP contribution in [0.15, 0.2) is 22.7 Å². The molecule has 4 rings (SSSR count). The highest BCUT2D eigenvalue weighted by Crippen LogP contribution is 2.32. The molecule has 0 saturated carbocycles. The van der Waals surface area contributed by atoms with E-state index < -0.39 is 0 Å². The van der Waals surface area contributed by atoms with Gasteiger partial charge in [0.15, 0.2) is 5.58 Å². The Labute approximate surface area is 151 Å². The second kappa shape index (κ2) is 7.72. The lowest BCUT2D eigenvalue weighted by atomic mass is 9.91. The van der Waals surface area contributed by atoms with Gasteiger partial charge in [0.1, 0.15) is 5.82 Å². The number of ether oxygens (including phenoxy) is 1. The van der Waals surface area contributed by atoms with Gasteiger partial charge in [-0.2, -0.15) is 0 Å². The van der Waals surface area contributed by atoms with Gasteiger partial charge in [0, 0.05) is 30.5 Å². The lowest BCUT2D eigenvalue weighted by molar-refractivity contribution is -0.123. The Hall–Kier alpha value is -1.99. The Morgan fingerprint density at radius 1 is 1.31 bits per heavy atom. The number of carbonyl (C=O) groups excluding carboxylic acids is 1. The molecular weight excluding hydrogens is 337 g/mol. The van der Waals surface area contributed by atoms with Crippen molar-refractivity contribution in [1.82, 2.24) is 15.4 Å². The van der Waals surface area contributed by atoms with Gasteiger partial charge in [0.05, 0.1) is 18.3 Å². The molecule has 1 aromatic heterocycles. The number of aromatic nitrogens is 1. The van der Waals surface area contributed by atoms with E-state index in [1.54, 1.807) is 6.07 Å². The summed E-state index contributed by atoms with van der Waals surface area (Å²) in [6, 6.07) is 4.55. The molecule has 1 aromatic carbocycles. The van der Waals surface area contributed by atoms with Gasteiger partial charge >= 0.3 is 0 Å². The van der Waals surface area contributed by atoms with Crippen LogP contribution in [0.2, 0.25) is 0 Å². The number of likely N-dealkylation sites (tertiary alicyclic amines) is 1. The fourth-order valence-electron chi connectivity index (χ4n) is 3.88. The van der Waals surface area contributed by atoms with Gasteiger partial charge in [-0.15, -0.1) is 0 Å². The minimum absolute atomic E-state index is 0.0568. The first-order valence-electron chi connectivity index (χ1n) is 9.34. The minimum atomic E-state index is -0.316. The number of hydrogen-bond donors (Lipinski definition) is 1. The van der Waals surface area contributed by atoms with Crippen molar-refractivity contribution in [1.29, 1.82) is 0 Å². The summed E-state index contributed by atoms with van der Waals surface area (Å²) in [4.78, 5) is 14.3. The molecule has 140 valence electrons. The average molecular weight is 361 g/mol. The normalized spacial score (nSPS) is 22.1. The fourth-order valence-corrected chi connectivity index (χ4v) is 3.88. The number of halogens is 1. The lowest BCUT2D eigenvalue weighted by Gasteiger charge is -2.30. The van der Waals surface area contributed by atoms with E-state index in [9.17, 15) is 9.18 Å². The van der Waals surface area contributed by atoms with Crippen LogP contribution in [0.3, 0.4) is 0 Å². The Balaban J connectivity index is 1.27. The van der Waals surface area contributed by atoms with E-state index in [1.165, 1.54) is 12.1 Å². The molecule has 2 aromatic rings. The van der Waals surface area contributed by atoms with E-state index >= 15 is 0 Å². The lowest BCUT2D eigenvalue weighted by Crippen LogP contribution is -2.43. The predicted molar refractivity (Wildman–Crippen MR) is 94.4 cm³/mol. The number of hydrogen-bond acceptors (Lipinski definition) is 5. The van der Waals surface area contributed by atoms with Gasteiger partial charge in [-0.3, -0.25) is 9.69 Å². The summed E-state index contributed by atoms with van der Waals surface area (Å²) in [5.74, 6) is 0.0262. The molecule has 2 saturated heterocycles. The number of benzene rings is 1. The van der Waals surface area contributed by atoms with Crippen LogP contribution >= 0.6 is 0 Å². The van der Waals surface area contributed by atoms with E-state index in [-0.39, 0.29) is 23.7 Å². The standard InChI is InChI=1S/C19H24FN3O3/c20-14-3-4-16-17(10-14)26-22-19(16)13-5-7-23(8-6-13)12-18(24)21-11-15-2-1-9-25-15/h3-4,10,13,15H,1-2,5-9,11-12H2,(H,21,24). The number of piperidine rings is 1. The van der Waals surface area contributed by atoms with E-state index in [2.05, 4.69) is 15.4 Å². The van der Waals surface area contributed by atoms with Crippen molar-refractivity contribution in [2.24, 2.45) is 0 Å². The monoisotopic (exact) mass is 361 g/mol. The molecule has 0 spiro atoms. The first-order chi connectivity index (χ1) is 12.7. The van der Waals surface area contributed by atoms with Crippen molar-refractivity contribution in [2.75, 3.05) is 32.8 Å². The van der Waals surface area contributed by atoms with E-state index in [4.69, 9.17) is 9.26 Å². The molecule has 1 N–H and O–H groups in total. The maximum absolute atomic E-state index is 13.3. The summed E-state index contributed by atoms with van der Waals surface area (Å²) in [7, 11) is 0. The third-order valence-electron chi connectivity index (χ3n) is 5.35. The average Bonchev–Trinajstić information content (AvgIpc) is 3.30. The molecule has 1 amide bonds. The smallest absolute Gasteiger partial charge is 0.234 e. The van der Waals surface area contributed by atoms with Crippen LogP contribution in [0.5, 0.6) is 0 Å². The second-order valence-electron chi connectivity index (χ2n) is 7.20. The van der Waals surface area contributed by atoms with E-state index in [0.29, 0.717) is 18.7 Å². The summed E-state index contributed by atoms with van der Waals surface area (Å²) >= 11 is 0. The van der Waals surface area contributed by atoms with Crippen LogP contribution in [-0.4, -0.2) is 54.9 Å². The summed E-state index contributed by atoms with van der Waals surface area (Å²) in [6.07, 6.45) is 4.12. The highest BCUT2D eigenvalue weighted by atomic mass is 19.1. The molecule has 3 heterocycles. The number of fused-ring (bicyclic) bond motifs is 1. The Morgan fingerprint density at radius 2 is 2.15 bits per heavy atom. The Kier molecular flexibility index (Phi) is 5.17. The minimum Gasteiger partial charge on any atom is -0.376 e. The quantitative estimate of drug-likeness (QED) is 0.886. The fraction of sp³-hybridized carbons (Fsp3) is 0.579. The molecule has 2 aliphatic heterocycles. The molecule has 0 radical (unpaired) electrons. The first-order valence-corrected chi connectivity index (χ1v) is 9.34. The molecule has 2 fully saturated rings. The first kappa shape index (κ1) is 17.4. The van der Waals surface area contributed by atoms with Crippen LogP contribution in [0, 0.1) is 5.82 Å². The molecule has 1 unspecified atom stereocenters. The number of carbonyl (C=O) groups is 1. The molecule has 0 bridgehead atoms. The molecular formula is C19H24FN3O3. The van der Waals surface area contributed by atoms with E-state index in [1.807, 2.05) is 0 Å². The largest absolute Gasteiger partial charge is 0.376 e. The summed E-state index contributed by atoms with van der Waals surface area (Å²) in [5.41, 5.74) is 1.40. The predicted octanol–water partition coefficient (Wildman–Crippen LogP) is 2.44. The van der Waals surface area contributed by atoms with E-state index in [0.717, 1.165) is 56.5 Å². The Morgan fingerprint density at radius 3 is 2.92 bits per heavy atom. The van der Waals surface area contributed by atoms with Crippen molar-refractivity contribution < 1.29 is 18.4 Å². The molecule has 2 aliphatic rings. The zero-order valence-electron chi connectivity index (χ0n) is 14.7. The molecule has 1 atom stereocenters. The van der Waals surface area contributed by atoms with Crippen LogP contribution in [-0.2, 0) is 9.53 Å². The van der Waals surface area contributed by atoms with Crippen LogP contribution in [0.1, 0.15) is 37.3 Å². The molecule has 0 aliphatic carbocycles. The molecule has 26 heavy (non-hydrogen) atoms. The topological polar surface area (TPSA) is 67.6 Å². The van der Waals surface area contributed by atoms with Crippen LogP contribution in [0.25, 0.3) is 11.0 Å². The second-order valence-corrected chi connectivity index (χ2v) is 7.20. The summed E-state index contributed by atoms with van der Waals surface area (Å²) in [5, 5.41) is 8.03. The highest BCUT2D eigenvalue weighted by molar-refractivity contribution is 5.80. The maximum Gasteiger partial charge on any atom is 0.234 e. The van der Waals surface area contributed by atoms with Gasteiger partial charge in [0.25, 0.3) is 0 Å². The zero-order chi connectivity index (χ0) is 17.9. The number of nitrogens with one attached hydrogen (secondary N) is 1. The zero-order valence-corrected chi connectivity index (χ0v) is 14.7. The molecule has 6 nitrogen and oxygen atoms in total. The van der Waals surface area contributed by atoms with Crippen molar-refractivity contribution in [3.8, 4) is 0 Å². The maximum atomic E-state index is 13.3. The Bertz CT molecular complexity index is 764. The SMILES string of the molecule is O=C(CN1CCC(c2noc3cc(F)ccc23)CC1)NCC1CCCO1. The summed E-state index contributed by atoms with van der Waals surface area (Å²) < 4.78 is 24.1. The van der Waals surface area contributed by atoms with Gasteiger partial charge in [-0.1, -0.05) is 5.16 Å². The van der Waals surface area contributed by atoms with Crippen molar-refractivity contribution in [3.05, 3.63) is 29.7 Å². The number of rotatable bonds is 5. The summed E-state index contributed by atoms with van der Waals surface area (Å²) in [6.45, 7) is 3.51. The van der Waals surface area contributed by atoms with Gasteiger partial charge < -0.3 is 14.6 Å². The van der Waals surface area contributed by atoms with Gasteiger partial charge in [0.2, 0.25) is 5.91 Å². The van der Waals surface area contributed by atoms with Gasteiger partial charge in [-0.25, -0.2) is 4.39 Å². The van der Waals surface area contributed by atoms with Gasteiger partial charge in [-0.05, 0) is 50.9 Å². The third kappa shape index (κ3) is 3.88. The highest BCUT2D eigenvalue weighted by Gasteiger charge is 2.26. The number of nitrogens with zero attached hydrogens (tertiary/aromatic N) is 2. The molecule has 7 heteroatoms. The third-order valence-corrected chi connectivity index (χ3v) is 5.35. The van der Waals surface area contributed by atoms with Crippen LogP contribution in [0.4, 0.5) is 4.39 Å².